The minimum Gasteiger partial charge on any atom is -0.272 e. The van der Waals surface area contributed by atoms with E-state index in [1.807, 2.05) is 20.8 Å². The Morgan fingerprint density at radius 2 is 1.47 bits per heavy atom. The Hall–Kier alpha value is -0.900. The maximum Gasteiger partial charge on any atom is 0.253 e. The zero-order valence-corrected chi connectivity index (χ0v) is 8.29. The molecule has 1 aliphatic rings. The molecule has 2 amide bonds. The SMILES string of the molecule is C.C.CC(C)(C)ON1C(=O)CCCC1=O. The van der Waals surface area contributed by atoms with Crippen LogP contribution in [-0.4, -0.2) is 22.5 Å². The summed E-state index contributed by atoms with van der Waals surface area (Å²) in [6.45, 7) is 5.42. The molecule has 1 heterocycles. The van der Waals surface area contributed by atoms with E-state index in [9.17, 15) is 9.59 Å². The third-order valence-corrected chi connectivity index (χ3v) is 1.60. The van der Waals surface area contributed by atoms with Crippen molar-refractivity contribution in [1.29, 1.82) is 0 Å². The molecule has 0 saturated carbocycles. The molecule has 0 spiro atoms. The van der Waals surface area contributed by atoms with Gasteiger partial charge in [-0.2, -0.15) is 5.06 Å². The quantitative estimate of drug-likeness (QED) is 0.634. The molecular formula is C11H23NO3. The molecule has 0 aromatic rings. The van der Waals surface area contributed by atoms with Crippen molar-refractivity contribution in [2.75, 3.05) is 0 Å². The Balaban J connectivity index is 0. The van der Waals surface area contributed by atoms with Crippen molar-refractivity contribution in [3.8, 4) is 0 Å². The molecule has 90 valence electrons. The number of carbonyl (C=O) groups excluding carboxylic acids is 2. The molecule has 1 aliphatic heterocycles. The topological polar surface area (TPSA) is 46.6 Å². The van der Waals surface area contributed by atoms with E-state index >= 15 is 0 Å². The minimum atomic E-state index is -0.497. The normalized spacial score (nSPS) is 16.9. The summed E-state index contributed by atoms with van der Waals surface area (Å²) in [5.41, 5.74) is -0.497. The predicted octanol–water partition coefficient (Wildman–Crippen LogP) is 2.53. The van der Waals surface area contributed by atoms with Crippen molar-refractivity contribution in [2.24, 2.45) is 0 Å². The number of amides is 2. The Morgan fingerprint density at radius 3 is 1.80 bits per heavy atom. The van der Waals surface area contributed by atoms with Crippen molar-refractivity contribution in [3.05, 3.63) is 0 Å². The van der Waals surface area contributed by atoms with Gasteiger partial charge in [0.25, 0.3) is 11.8 Å². The lowest BCUT2D eigenvalue weighted by Crippen LogP contribution is -2.44. The highest BCUT2D eigenvalue weighted by Gasteiger charge is 2.30. The largest absolute Gasteiger partial charge is 0.272 e. The van der Waals surface area contributed by atoms with Crippen LogP contribution in [0.2, 0.25) is 0 Å². The summed E-state index contributed by atoms with van der Waals surface area (Å²) in [6.07, 6.45) is 1.45. The zero-order valence-electron chi connectivity index (χ0n) is 8.29. The minimum absolute atomic E-state index is 0. The van der Waals surface area contributed by atoms with Gasteiger partial charge in [0.2, 0.25) is 0 Å². The summed E-state index contributed by atoms with van der Waals surface area (Å²) in [7, 11) is 0. The summed E-state index contributed by atoms with van der Waals surface area (Å²) < 4.78 is 0. The molecule has 0 aromatic heterocycles. The molecule has 1 fully saturated rings. The summed E-state index contributed by atoms with van der Waals surface area (Å²) >= 11 is 0. The lowest BCUT2D eigenvalue weighted by Gasteiger charge is -2.30. The van der Waals surface area contributed by atoms with Gasteiger partial charge in [0.15, 0.2) is 0 Å². The first-order valence-corrected chi connectivity index (χ1v) is 4.45. The van der Waals surface area contributed by atoms with Crippen LogP contribution in [0.1, 0.15) is 54.9 Å². The van der Waals surface area contributed by atoms with Gasteiger partial charge in [-0.1, -0.05) is 14.9 Å². The first-order valence-electron chi connectivity index (χ1n) is 4.45. The first-order chi connectivity index (χ1) is 5.90. The molecule has 0 aromatic carbocycles. The van der Waals surface area contributed by atoms with E-state index < -0.39 is 5.60 Å². The molecule has 0 unspecified atom stereocenters. The van der Waals surface area contributed by atoms with E-state index in [1.165, 1.54) is 0 Å². The summed E-state index contributed by atoms with van der Waals surface area (Å²) in [4.78, 5) is 27.8. The molecule has 0 bridgehead atoms. The van der Waals surface area contributed by atoms with Crippen LogP contribution in [0.4, 0.5) is 0 Å². The van der Waals surface area contributed by atoms with Gasteiger partial charge in [-0.05, 0) is 27.2 Å². The van der Waals surface area contributed by atoms with Crippen molar-refractivity contribution < 1.29 is 14.4 Å². The lowest BCUT2D eigenvalue weighted by molar-refractivity contribution is -0.229. The number of hydrogen-bond acceptors (Lipinski definition) is 3. The van der Waals surface area contributed by atoms with Crippen LogP contribution in [0.5, 0.6) is 0 Å². The maximum atomic E-state index is 11.3. The van der Waals surface area contributed by atoms with Crippen molar-refractivity contribution in [2.45, 2.75) is 60.5 Å². The van der Waals surface area contributed by atoms with Gasteiger partial charge in [-0.15, -0.1) is 0 Å². The van der Waals surface area contributed by atoms with Crippen molar-refractivity contribution in [3.63, 3.8) is 0 Å². The van der Waals surface area contributed by atoms with Gasteiger partial charge in [-0.3, -0.25) is 14.4 Å². The Morgan fingerprint density at radius 1 is 1.07 bits per heavy atom. The molecule has 0 atom stereocenters. The second-order valence-electron chi connectivity index (χ2n) is 4.14. The van der Waals surface area contributed by atoms with E-state index in [0.717, 1.165) is 5.06 Å². The number of hydroxylamine groups is 2. The van der Waals surface area contributed by atoms with E-state index in [4.69, 9.17) is 4.84 Å². The zero-order chi connectivity index (χ0) is 10.1. The Kier molecular flexibility index (Phi) is 6.45. The first kappa shape index (κ1) is 16.5. The van der Waals surface area contributed by atoms with Crippen LogP contribution in [0.3, 0.4) is 0 Å². The molecule has 1 saturated heterocycles. The number of nitrogens with zero attached hydrogens (tertiary/aromatic N) is 1. The van der Waals surface area contributed by atoms with Crippen LogP contribution in [0.25, 0.3) is 0 Å². The van der Waals surface area contributed by atoms with Crippen molar-refractivity contribution >= 4 is 11.8 Å². The lowest BCUT2D eigenvalue weighted by atomic mass is 10.1. The van der Waals surface area contributed by atoms with Gasteiger partial charge in [-0.25, -0.2) is 0 Å². The van der Waals surface area contributed by atoms with Crippen LogP contribution in [-0.2, 0) is 14.4 Å². The fourth-order valence-electron chi connectivity index (χ4n) is 1.11. The fourth-order valence-corrected chi connectivity index (χ4v) is 1.11. The number of carbonyl (C=O) groups is 2. The van der Waals surface area contributed by atoms with E-state index in [-0.39, 0.29) is 26.7 Å². The average molecular weight is 217 g/mol. The maximum absolute atomic E-state index is 11.3. The molecule has 15 heavy (non-hydrogen) atoms. The van der Waals surface area contributed by atoms with Crippen LogP contribution in [0.15, 0.2) is 0 Å². The highest BCUT2D eigenvalue weighted by molar-refractivity contribution is 5.96. The van der Waals surface area contributed by atoms with E-state index in [0.29, 0.717) is 19.3 Å². The molecule has 4 nitrogen and oxygen atoms in total. The van der Waals surface area contributed by atoms with Gasteiger partial charge in [0.1, 0.15) is 0 Å². The molecular weight excluding hydrogens is 194 g/mol. The highest BCUT2D eigenvalue weighted by atomic mass is 16.7. The third-order valence-electron chi connectivity index (χ3n) is 1.60. The summed E-state index contributed by atoms with van der Waals surface area (Å²) in [5.74, 6) is -0.461. The number of piperidine rings is 1. The predicted molar refractivity (Wildman–Crippen MR) is 60.0 cm³/mol. The Bertz CT molecular complexity index is 214. The fraction of sp³-hybridized carbons (Fsp3) is 0.818. The molecule has 4 heteroatoms. The number of rotatable bonds is 1. The second kappa shape index (κ2) is 5.85. The summed E-state index contributed by atoms with van der Waals surface area (Å²) in [5, 5.41) is 0.906. The molecule has 0 N–H and O–H groups in total. The van der Waals surface area contributed by atoms with Gasteiger partial charge >= 0.3 is 0 Å². The van der Waals surface area contributed by atoms with Crippen LogP contribution in [0, 0.1) is 0 Å². The van der Waals surface area contributed by atoms with Crippen LogP contribution >= 0.6 is 0 Å². The third kappa shape index (κ3) is 4.93. The molecule has 0 radical (unpaired) electrons. The molecule has 0 aliphatic carbocycles. The number of imide groups is 1. The smallest absolute Gasteiger partial charge is 0.253 e. The van der Waals surface area contributed by atoms with Gasteiger partial charge in [0, 0.05) is 12.8 Å². The monoisotopic (exact) mass is 217 g/mol. The summed E-state index contributed by atoms with van der Waals surface area (Å²) in [6, 6.07) is 0. The standard InChI is InChI=1S/C9H15NO3.2CH4/c1-9(2,3)13-10-7(11)5-4-6-8(10)12;;/h4-6H2,1-3H3;2*1H4. The average Bonchev–Trinajstić information content (AvgIpc) is 1.95. The molecule has 1 rings (SSSR count). The van der Waals surface area contributed by atoms with E-state index in [2.05, 4.69) is 0 Å². The second-order valence-corrected chi connectivity index (χ2v) is 4.14. The van der Waals surface area contributed by atoms with Crippen molar-refractivity contribution in [1.82, 2.24) is 5.06 Å². The van der Waals surface area contributed by atoms with Gasteiger partial charge < -0.3 is 0 Å². The van der Waals surface area contributed by atoms with Crippen LogP contribution < -0.4 is 0 Å². The Labute approximate surface area is 92.5 Å². The highest BCUT2D eigenvalue weighted by Crippen LogP contribution is 2.17. The number of hydrogen-bond donors (Lipinski definition) is 0. The van der Waals surface area contributed by atoms with Gasteiger partial charge in [0.05, 0.1) is 5.60 Å². The van der Waals surface area contributed by atoms with E-state index in [1.54, 1.807) is 0 Å².